The topological polar surface area (TPSA) is 77.7 Å². The molecule has 2 aromatic carbocycles. The molecule has 162 valence electrons. The molecule has 4 rings (SSSR count). The van der Waals surface area contributed by atoms with Crippen LogP contribution in [0, 0.1) is 0 Å². The first-order valence-corrected chi connectivity index (χ1v) is 10.8. The van der Waals surface area contributed by atoms with E-state index in [2.05, 4.69) is 10.3 Å². The third-order valence-electron chi connectivity index (χ3n) is 5.28. The lowest BCUT2D eigenvalue weighted by atomic mass is 10.2. The number of carbonyl (C=O) groups excluding carboxylic acids is 2. The second-order valence-electron chi connectivity index (χ2n) is 7.44. The number of benzene rings is 2. The van der Waals surface area contributed by atoms with Crippen molar-refractivity contribution in [1.29, 1.82) is 0 Å². The van der Waals surface area contributed by atoms with Crippen LogP contribution in [0.4, 0.5) is 10.5 Å². The van der Waals surface area contributed by atoms with Gasteiger partial charge in [0, 0.05) is 53.9 Å². The Kier molecular flexibility index (Phi) is 6.32. The van der Waals surface area contributed by atoms with Gasteiger partial charge in [-0.25, -0.2) is 4.79 Å². The average Bonchev–Trinajstić information content (AvgIpc) is 3.01. The number of anilines is 1. The van der Waals surface area contributed by atoms with Crippen molar-refractivity contribution in [3.05, 3.63) is 59.2 Å². The number of nitrogens with one attached hydrogen (secondary N) is 2. The van der Waals surface area contributed by atoms with Crippen LogP contribution in [0.5, 0.6) is 5.75 Å². The van der Waals surface area contributed by atoms with E-state index >= 15 is 0 Å². The van der Waals surface area contributed by atoms with Crippen LogP contribution < -0.4 is 10.1 Å². The first-order valence-electron chi connectivity index (χ1n) is 10.4. The minimum Gasteiger partial charge on any atom is -0.494 e. The van der Waals surface area contributed by atoms with Gasteiger partial charge in [0.05, 0.1) is 6.61 Å². The summed E-state index contributed by atoms with van der Waals surface area (Å²) in [5, 5.41) is 4.40. The molecule has 0 bridgehead atoms. The third kappa shape index (κ3) is 4.94. The lowest BCUT2D eigenvalue weighted by Gasteiger charge is -2.22. The summed E-state index contributed by atoms with van der Waals surface area (Å²) in [6.07, 6.45) is 0.712. The second-order valence-corrected chi connectivity index (χ2v) is 7.87. The van der Waals surface area contributed by atoms with Crippen LogP contribution in [0.15, 0.2) is 48.5 Å². The van der Waals surface area contributed by atoms with Crippen molar-refractivity contribution in [3.63, 3.8) is 0 Å². The Balaban J connectivity index is 1.40. The Bertz CT molecular complexity index is 1100. The van der Waals surface area contributed by atoms with Crippen molar-refractivity contribution in [2.75, 3.05) is 38.1 Å². The highest BCUT2D eigenvalue weighted by molar-refractivity contribution is 6.30. The quantitative estimate of drug-likeness (QED) is 0.622. The molecule has 8 heteroatoms. The molecule has 0 aliphatic carbocycles. The number of amides is 3. The van der Waals surface area contributed by atoms with E-state index in [0.717, 1.165) is 16.7 Å². The van der Waals surface area contributed by atoms with Crippen LogP contribution in [-0.4, -0.2) is 59.5 Å². The number of aromatic amines is 1. The van der Waals surface area contributed by atoms with Gasteiger partial charge in [0.25, 0.3) is 5.91 Å². The minimum absolute atomic E-state index is 0.0636. The number of fused-ring (bicyclic) bond motifs is 1. The number of urea groups is 1. The molecular weight excluding hydrogens is 416 g/mol. The largest absolute Gasteiger partial charge is 0.494 e. The molecule has 0 radical (unpaired) electrons. The summed E-state index contributed by atoms with van der Waals surface area (Å²) in [6.45, 7) is 4.65. The maximum Gasteiger partial charge on any atom is 0.321 e. The van der Waals surface area contributed by atoms with Crippen LogP contribution in [-0.2, 0) is 0 Å². The summed E-state index contributed by atoms with van der Waals surface area (Å²) in [5.41, 5.74) is 2.06. The Hall–Kier alpha value is -3.19. The second kappa shape index (κ2) is 9.31. The molecule has 1 fully saturated rings. The van der Waals surface area contributed by atoms with Gasteiger partial charge in [-0.2, -0.15) is 0 Å². The number of halogens is 1. The fraction of sp³-hybridized carbons (Fsp3) is 0.304. The van der Waals surface area contributed by atoms with E-state index in [1.165, 1.54) is 0 Å². The van der Waals surface area contributed by atoms with Gasteiger partial charge in [0.2, 0.25) is 0 Å². The van der Waals surface area contributed by atoms with Crippen molar-refractivity contribution in [3.8, 4) is 5.75 Å². The van der Waals surface area contributed by atoms with E-state index in [-0.39, 0.29) is 11.9 Å². The lowest BCUT2D eigenvalue weighted by molar-refractivity contribution is 0.0758. The Labute approximate surface area is 185 Å². The number of carbonyl (C=O) groups is 2. The van der Waals surface area contributed by atoms with Gasteiger partial charge in [-0.05, 0) is 49.7 Å². The molecule has 3 aromatic rings. The van der Waals surface area contributed by atoms with Crippen molar-refractivity contribution in [2.24, 2.45) is 0 Å². The summed E-state index contributed by atoms with van der Waals surface area (Å²) in [5.74, 6) is 0.707. The highest BCUT2D eigenvalue weighted by Gasteiger charge is 2.24. The highest BCUT2D eigenvalue weighted by Crippen LogP contribution is 2.23. The van der Waals surface area contributed by atoms with Gasteiger partial charge in [-0.1, -0.05) is 17.7 Å². The number of hydrogen-bond acceptors (Lipinski definition) is 3. The zero-order valence-corrected chi connectivity index (χ0v) is 18.1. The lowest BCUT2D eigenvalue weighted by Crippen LogP contribution is -2.39. The molecule has 2 N–H and O–H groups in total. The van der Waals surface area contributed by atoms with Crippen molar-refractivity contribution in [1.82, 2.24) is 14.8 Å². The predicted molar refractivity (Wildman–Crippen MR) is 122 cm³/mol. The number of ether oxygens (including phenoxy) is 1. The van der Waals surface area contributed by atoms with E-state index in [1.54, 1.807) is 34.1 Å². The molecule has 0 atom stereocenters. The van der Waals surface area contributed by atoms with E-state index in [0.29, 0.717) is 55.6 Å². The molecule has 0 unspecified atom stereocenters. The first kappa shape index (κ1) is 21.1. The van der Waals surface area contributed by atoms with E-state index in [4.69, 9.17) is 16.3 Å². The van der Waals surface area contributed by atoms with Crippen LogP contribution in [0.25, 0.3) is 10.9 Å². The van der Waals surface area contributed by atoms with E-state index < -0.39 is 0 Å². The van der Waals surface area contributed by atoms with Crippen molar-refractivity contribution >= 4 is 40.1 Å². The molecule has 0 saturated carbocycles. The SMILES string of the molecule is CCOc1ccc2cc(C(=O)N3CCCN(C(=O)Nc4cccc(Cl)c4)CC3)[nH]c2c1. The molecule has 1 aromatic heterocycles. The van der Waals surface area contributed by atoms with Gasteiger partial charge in [0.1, 0.15) is 11.4 Å². The zero-order valence-electron chi connectivity index (χ0n) is 17.4. The molecule has 0 spiro atoms. The molecule has 7 nitrogen and oxygen atoms in total. The normalized spacial score (nSPS) is 14.4. The van der Waals surface area contributed by atoms with Crippen LogP contribution in [0.1, 0.15) is 23.8 Å². The molecule has 1 aliphatic rings. The Morgan fingerprint density at radius 3 is 2.68 bits per heavy atom. The summed E-state index contributed by atoms with van der Waals surface area (Å²) < 4.78 is 5.53. The predicted octanol–water partition coefficient (Wildman–Crippen LogP) is 4.60. The summed E-state index contributed by atoms with van der Waals surface area (Å²) in [7, 11) is 0. The van der Waals surface area contributed by atoms with Gasteiger partial charge in [-0.15, -0.1) is 0 Å². The molecule has 2 heterocycles. The number of H-pyrrole nitrogens is 1. The van der Waals surface area contributed by atoms with Crippen LogP contribution >= 0.6 is 11.6 Å². The summed E-state index contributed by atoms with van der Waals surface area (Å²) in [4.78, 5) is 32.4. The number of aromatic nitrogens is 1. The van der Waals surface area contributed by atoms with Gasteiger partial charge < -0.3 is 24.8 Å². The van der Waals surface area contributed by atoms with Gasteiger partial charge in [0.15, 0.2) is 0 Å². The molecule has 31 heavy (non-hydrogen) atoms. The maximum absolute atomic E-state index is 13.1. The van der Waals surface area contributed by atoms with Crippen molar-refractivity contribution in [2.45, 2.75) is 13.3 Å². The fourth-order valence-electron chi connectivity index (χ4n) is 3.74. The molecule has 1 aliphatic heterocycles. The molecular formula is C23H25ClN4O3. The minimum atomic E-state index is -0.189. The number of hydrogen-bond donors (Lipinski definition) is 2. The number of rotatable bonds is 4. The summed E-state index contributed by atoms with van der Waals surface area (Å²) in [6, 6.07) is 14.5. The smallest absolute Gasteiger partial charge is 0.321 e. The van der Waals surface area contributed by atoms with Crippen LogP contribution in [0.2, 0.25) is 5.02 Å². The van der Waals surface area contributed by atoms with Gasteiger partial charge in [-0.3, -0.25) is 4.79 Å². The number of nitrogens with zero attached hydrogens (tertiary/aromatic N) is 2. The Morgan fingerprint density at radius 2 is 1.87 bits per heavy atom. The Morgan fingerprint density at radius 1 is 1.06 bits per heavy atom. The zero-order chi connectivity index (χ0) is 21.8. The highest BCUT2D eigenvalue weighted by atomic mass is 35.5. The van der Waals surface area contributed by atoms with Crippen molar-refractivity contribution < 1.29 is 14.3 Å². The maximum atomic E-state index is 13.1. The molecule has 3 amide bonds. The fourth-order valence-corrected chi connectivity index (χ4v) is 3.93. The van der Waals surface area contributed by atoms with Crippen LogP contribution in [0.3, 0.4) is 0 Å². The average molecular weight is 441 g/mol. The first-order chi connectivity index (χ1) is 15.0. The van der Waals surface area contributed by atoms with Gasteiger partial charge >= 0.3 is 6.03 Å². The van der Waals surface area contributed by atoms with E-state index in [1.807, 2.05) is 31.2 Å². The van der Waals surface area contributed by atoms with E-state index in [9.17, 15) is 9.59 Å². The monoisotopic (exact) mass is 440 g/mol. The summed E-state index contributed by atoms with van der Waals surface area (Å²) >= 11 is 5.99. The standard InChI is InChI=1S/C23H25ClN4O3/c1-2-31-19-8-7-16-13-21(26-20(16)15-19)22(29)27-9-4-10-28(12-11-27)23(30)25-18-6-3-5-17(24)14-18/h3,5-8,13-15,26H,2,4,9-12H2,1H3,(H,25,30). The third-order valence-corrected chi connectivity index (χ3v) is 5.52. The molecule has 1 saturated heterocycles.